The van der Waals surface area contributed by atoms with Gasteiger partial charge in [0, 0.05) is 24.2 Å². The smallest absolute Gasteiger partial charge is 0.345 e. The van der Waals surface area contributed by atoms with Gasteiger partial charge in [-0.2, -0.15) is 4.99 Å². The van der Waals surface area contributed by atoms with Crippen molar-refractivity contribution in [3.8, 4) is 0 Å². The maximum Gasteiger partial charge on any atom is 0.345 e. The molecule has 2 heterocycles. The van der Waals surface area contributed by atoms with Gasteiger partial charge in [0.25, 0.3) is 0 Å². The van der Waals surface area contributed by atoms with Gasteiger partial charge in [-0.3, -0.25) is 4.98 Å². The first-order valence-corrected chi connectivity index (χ1v) is 5.63. The van der Waals surface area contributed by atoms with Crippen molar-refractivity contribution in [2.75, 3.05) is 7.05 Å². The molecule has 1 aromatic carbocycles. The van der Waals surface area contributed by atoms with E-state index in [9.17, 15) is 4.79 Å². The van der Waals surface area contributed by atoms with E-state index in [-0.39, 0.29) is 12.1 Å². The minimum absolute atomic E-state index is 0.314. The molecule has 0 saturated carbocycles. The van der Waals surface area contributed by atoms with E-state index in [1.165, 1.54) is 4.90 Å². The summed E-state index contributed by atoms with van der Waals surface area (Å²) in [5, 5.41) is 1.02. The average molecular weight is 240 g/mol. The third kappa shape index (κ3) is 1.44. The fourth-order valence-corrected chi connectivity index (χ4v) is 2.28. The van der Waals surface area contributed by atoms with Gasteiger partial charge in [0.05, 0.1) is 5.52 Å². The van der Waals surface area contributed by atoms with Crippen LogP contribution in [0, 0.1) is 0 Å². The Bertz CT molecular complexity index is 660. The number of pyridine rings is 1. The highest BCUT2D eigenvalue weighted by molar-refractivity contribution is 6.04. The van der Waals surface area contributed by atoms with Crippen LogP contribution < -0.4 is 5.73 Å². The number of urea groups is 1. The van der Waals surface area contributed by atoms with Gasteiger partial charge in [-0.05, 0) is 6.07 Å². The first kappa shape index (κ1) is 10.7. The summed E-state index contributed by atoms with van der Waals surface area (Å²) in [6.07, 6.45) is 1.73. The minimum atomic E-state index is -0.323. The van der Waals surface area contributed by atoms with Crippen LogP contribution in [0.25, 0.3) is 10.9 Å². The van der Waals surface area contributed by atoms with Crippen LogP contribution >= 0.6 is 0 Å². The molecule has 1 aliphatic heterocycles. The van der Waals surface area contributed by atoms with Crippen LogP contribution in [0.15, 0.2) is 41.5 Å². The summed E-state index contributed by atoms with van der Waals surface area (Å²) in [4.78, 5) is 21.2. The molecule has 2 aromatic rings. The minimum Gasteiger partial charge on any atom is -0.385 e. The lowest BCUT2D eigenvalue weighted by molar-refractivity contribution is 0.219. The molecule has 0 saturated heterocycles. The van der Waals surface area contributed by atoms with E-state index in [1.807, 2.05) is 30.3 Å². The number of amidine groups is 1. The monoisotopic (exact) mass is 240 g/mol. The molecule has 1 aliphatic rings. The van der Waals surface area contributed by atoms with Gasteiger partial charge in [-0.15, -0.1) is 0 Å². The van der Waals surface area contributed by atoms with Gasteiger partial charge >= 0.3 is 6.03 Å². The molecule has 2 N–H and O–H groups in total. The predicted molar refractivity (Wildman–Crippen MR) is 69.3 cm³/mol. The topological polar surface area (TPSA) is 71.6 Å². The Balaban J connectivity index is 2.21. The highest BCUT2D eigenvalue weighted by Crippen LogP contribution is 2.29. The van der Waals surface area contributed by atoms with Gasteiger partial charge in [0.2, 0.25) is 0 Å². The standard InChI is InChI=1S/C13H12N4O/c1-17-11(12(14)16-13(17)18)9-6-2-4-8-5-3-7-15-10(8)9/h2-7,11H,1H3,(H2,14,16,18). The molecule has 5 nitrogen and oxygen atoms in total. The van der Waals surface area contributed by atoms with E-state index >= 15 is 0 Å². The Hall–Kier alpha value is -2.43. The van der Waals surface area contributed by atoms with Gasteiger partial charge in [0.15, 0.2) is 0 Å². The molecule has 0 fully saturated rings. The van der Waals surface area contributed by atoms with Crippen molar-refractivity contribution >= 4 is 22.8 Å². The summed E-state index contributed by atoms with van der Waals surface area (Å²) in [7, 11) is 1.69. The van der Waals surface area contributed by atoms with Gasteiger partial charge in [-0.1, -0.05) is 24.3 Å². The number of hydrogen-bond donors (Lipinski definition) is 1. The number of carbonyl (C=O) groups excluding carboxylic acids is 1. The van der Waals surface area contributed by atoms with Gasteiger partial charge in [0.1, 0.15) is 11.9 Å². The number of hydrogen-bond acceptors (Lipinski definition) is 3. The second-order valence-electron chi connectivity index (χ2n) is 4.26. The molecule has 1 aromatic heterocycles. The molecule has 90 valence electrons. The molecule has 0 aliphatic carbocycles. The first-order valence-electron chi connectivity index (χ1n) is 5.63. The fourth-order valence-electron chi connectivity index (χ4n) is 2.28. The van der Waals surface area contributed by atoms with Crippen molar-refractivity contribution in [2.24, 2.45) is 10.7 Å². The highest BCUT2D eigenvalue weighted by Gasteiger charge is 2.32. The molecule has 3 rings (SSSR count). The Morgan fingerprint density at radius 3 is 2.78 bits per heavy atom. The highest BCUT2D eigenvalue weighted by atomic mass is 16.2. The Morgan fingerprint density at radius 2 is 2.06 bits per heavy atom. The van der Waals surface area contributed by atoms with Crippen molar-refractivity contribution in [3.05, 3.63) is 42.1 Å². The lowest BCUT2D eigenvalue weighted by atomic mass is 10.0. The number of aliphatic imine (C=N–C) groups is 1. The number of benzene rings is 1. The van der Waals surface area contributed by atoms with E-state index in [0.29, 0.717) is 5.84 Å². The molecule has 0 spiro atoms. The van der Waals surface area contributed by atoms with Crippen LogP contribution in [-0.4, -0.2) is 28.8 Å². The molecule has 1 atom stereocenters. The van der Waals surface area contributed by atoms with Crippen molar-refractivity contribution in [2.45, 2.75) is 6.04 Å². The van der Waals surface area contributed by atoms with Crippen LogP contribution in [-0.2, 0) is 0 Å². The number of nitrogens with zero attached hydrogens (tertiary/aromatic N) is 3. The number of likely N-dealkylation sites (N-methyl/N-ethyl adjacent to an activating group) is 1. The number of rotatable bonds is 1. The quantitative estimate of drug-likeness (QED) is 0.824. The summed E-state index contributed by atoms with van der Waals surface area (Å²) in [6.45, 7) is 0. The number of amides is 2. The zero-order chi connectivity index (χ0) is 12.7. The van der Waals surface area contributed by atoms with Crippen molar-refractivity contribution in [1.29, 1.82) is 0 Å². The van der Waals surface area contributed by atoms with Crippen molar-refractivity contribution < 1.29 is 4.79 Å². The molecule has 5 heteroatoms. The van der Waals surface area contributed by atoms with E-state index in [1.54, 1.807) is 13.2 Å². The molecule has 1 unspecified atom stereocenters. The summed E-state index contributed by atoms with van der Waals surface area (Å²) >= 11 is 0. The van der Waals surface area contributed by atoms with Crippen LogP contribution in [0.5, 0.6) is 0 Å². The largest absolute Gasteiger partial charge is 0.385 e. The summed E-state index contributed by atoms with van der Waals surface area (Å²) in [5.41, 5.74) is 7.60. The summed E-state index contributed by atoms with van der Waals surface area (Å²) < 4.78 is 0. The van der Waals surface area contributed by atoms with Crippen molar-refractivity contribution in [1.82, 2.24) is 9.88 Å². The van der Waals surface area contributed by atoms with Crippen LogP contribution in [0.2, 0.25) is 0 Å². The predicted octanol–water partition coefficient (Wildman–Crippen LogP) is 1.70. The zero-order valence-electron chi connectivity index (χ0n) is 9.87. The van der Waals surface area contributed by atoms with Crippen LogP contribution in [0.4, 0.5) is 4.79 Å². The number of para-hydroxylation sites is 1. The lowest BCUT2D eigenvalue weighted by Crippen LogP contribution is -2.30. The average Bonchev–Trinajstić information content (AvgIpc) is 2.63. The Labute approximate surface area is 104 Å². The molecular weight excluding hydrogens is 228 g/mol. The molecule has 0 bridgehead atoms. The summed E-state index contributed by atoms with van der Waals surface area (Å²) in [6, 6.07) is 9.07. The second kappa shape index (κ2) is 3.80. The van der Waals surface area contributed by atoms with E-state index in [0.717, 1.165) is 16.5 Å². The van der Waals surface area contributed by atoms with Gasteiger partial charge in [-0.25, -0.2) is 4.79 Å². The van der Waals surface area contributed by atoms with Gasteiger partial charge < -0.3 is 10.6 Å². The number of aromatic nitrogens is 1. The van der Waals surface area contributed by atoms with E-state index in [2.05, 4.69) is 9.98 Å². The third-order valence-electron chi connectivity index (χ3n) is 3.15. The maximum absolute atomic E-state index is 11.5. The molecule has 18 heavy (non-hydrogen) atoms. The summed E-state index contributed by atoms with van der Waals surface area (Å²) in [5.74, 6) is 0.320. The molecular formula is C13H12N4O. The Morgan fingerprint density at radius 1 is 1.28 bits per heavy atom. The number of carbonyl (C=O) groups is 1. The molecule has 0 radical (unpaired) electrons. The Kier molecular flexibility index (Phi) is 2.26. The van der Waals surface area contributed by atoms with Crippen LogP contribution in [0.3, 0.4) is 0 Å². The normalized spacial score (nSPS) is 19.4. The van der Waals surface area contributed by atoms with Crippen LogP contribution in [0.1, 0.15) is 11.6 Å². The number of fused-ring (bicyclic) bond motifs is 1. The van der Waals surface area contributed by atoms with Crippen molar-refractivity contribution in [3.63, 3.8) is 0 Å². The lowest BCUT2D eigenvalue weighted by Gasteiger charge is -2.20. The maximum atomic E-state index is 11.5. The first-order chi connectivity index (χ1) is 8.68. The molecule has 2 amide bonds. The SMILES string of the molecule is CN1C(=O)N=C(N)C1c1cccc2cccnc12. The van der Waals surface area contributed by atoms with E-state index < -0.39 is 0 Å². The van der Waals surface area contributed by atoms with E-state index in [4.69, 9.17) is 5.73 Å². The zero-order valence-corrected chi connectivity index (χ0v) is 9.87. The third-order valence-corrected chi connectivity index (χ3v) is 3.15. The second-order valence-corrected chi connectivity index (χ2v) is 4.26. The fraction of sp³-hybridized carbons (Fsp3) is 0.154. The number of nitrogens with two attached hydrogens (primary N) is 1.